The highest BCUT2D eigenvalue weighted by atomic mass is 16.5. The molecule has 18 heavy (non-hydrogen) atoms. The molecule has 1 aromatic rings. The molecule has 0 saturated heterocycles. The minimum atomic E-state index is 0.256. The van der Waals surface area contributed by atoms with Crippen molar-refractivity contribution in [3.63, 3.8) is 0 Å². The molecule has 0 spiro atoms. The van der Waals surface area contributed by atoms with E-state index >= 15 is 0 Å². The van der Waals surface area contributed by atoms with Crippen molar-refractivity contribution in [2.45, 2.75) is 26.8 Å². The lowest BCUT2D eigenvalue weighted by atomic mass is 10.1. The topological polar surface area (TPSA) is 32.7 Å². The zero-order valence-corrected chi connectivity index (χ0v) is 11.9. The summed E-state index contributed by atoms with van der Waals surface area (Å²) in [5.41, 5.74) is 2.45. The van der Waals surface area contributed by atoms with Gasteiger partial charge in [-0.3, -0.25) is 0 Å². The molecule has 0 fully saturated rings. The fourth-order valence-corrected chi connectivity index (χ4v) is 2.14. The zero-order valence-electron chi connectivity index (χ0n) is 11.9. The Labute approximate surface area is 110 Å². The van der Waals surface area contributed by atoms with E-state index in [1.165, 1.54) is 11.1 Å². The van der Waals surface area contributed by atoms with Crippen molar-refractivity contribution in [2.75, 3.05) is 27.3 Å². The average Bonchev–Trinajstić information content (AvgIpc) is 2.36. The van der Waals surface area contributed by atoms with Crippen molar-refractivity contribution >= 4 is 0 Å². The SMILES string of the molecule is CCC(CO)CN(C)Cc1cc(C)ccc1OC. The van der Waals surface area contributed by atoms with E-state index in [0.29, 0.717) is 5.92 Å². The highest BCUT2D eigenvalue weighted by Gasteiger charge is 2.11. The number of aryl methyl sites for hydroxylation is 1. The van der Waals surface area contributed by atoms with Gasteiger partial charge in [-0.25, -0.2) is 0 Å². The molecule has 0 aliphatic heterocycles. The van der Waals surface area contributed by atoms with Crippen LogP contribution in [0.1, 0.15) is 24.5 Å². The monoisotopic (exact) mass is 251 g/mol. The standard InChI is InChI=1S/C15H25NO2/c1-5-13(11-17)9-16(3)10-14-8-12(2)6-7-15(14)18-4/h6-8,13,17H,5,9-11H2,1-4H3. The second kappa shape index (κ2) is 7.39. The summed E-state index contributed by atoms with van der Waals surface area (Å²) in [5, 5.41) is 9.23. The van der Waals surface area contributed by atoms with Gasteiger partial charge in [-0.1, -0.05) is 24.6 Å². The van der Waals surface area contributed by atoms with Crippen molar-refractivity contribution in [3.05, 3.63) is 29.3 Å². The average molecular weight is 251 g/mol. The van der Waals surface area contributed by atoms with Crippen LogP contribution in [0.5, 0.6) is 5.75 Å². The number of rotatable bonds is 7. The van der Waals surface area contributed by atoms with Crippen LogP contribution in [0.25, 0.3) is 0 Å². The number of hydrogen-bond donors (Lipinski definition) is 1. The Morgan fingerprint density at radius 3 is 2.67 bits per heavy atom. The fourth-order valence-electron chi connectivity index (χ4n) is 2.14. The lowest BCUT2D eigenvalue weighted by Crippen LogP contribution is -2.27. The van der Waals surface area contributed by atoms with Gasteiger partial charge in [0.15, 0.2) is 0 Å². The van der Waals surface area contributed by atoms with Crippen LogP contribution in [0.3, 0.4) is 0 Å². The molecule has 1 aromatic carbocycles. The Hall–Kier alpha value is -1.06. The van der Waals surface area contributed by atoms with Gasteiger partial charge in [0.1, 0.15) is 5.75 Å². The van der Waals surface area contributed by atoms with E-state index < -0.39 is 0 Å². The Morgan fingerprint density at radius 1 is 1.39 bits per heavy atom. The summed E-state index contributed by atoms with van der Waals surface area (Å²) in [6.07, 6.45) is 1.01. The first-order valence-corrected chi connectivity index (χ1v) is 6.53. The number of aliphatic hydroxyl groups is 1. The number of ether oxygens (including phenoxy) is 1. The molecule has 0 amide bonds. The second-order valence-electron chi connectivity index (χ2n) is 4.97. The summed E-state index contributed by atoms with van der Waals surface area (Å²) in [7, 11) is 3.79. The number of benzene rings is 1. The highest BCUT2D eigenvalue weighted by molar-refractivity contribution is 5.36. The van der Waals surface area contributed by atoms with E-state index in [1.807, 2.05) is 6.07 Å². The lowest BCUT2D eigenvalue weighted by molar-refractivity contribution is 0.172. The van der Waals surface area contributed by atoms with E-state index in [0.717, 1.165) is 25.3 Å². The fraction of sp³-hybridized carbons (Fsp3) is 0.600. The minimum absolute atomic E-state index is 0.256. The molecule has 0 radical (unpaired) electrons. The molecule has 0 heterocycles. The first-order valence-electron chi connectivity index (χ1n) is 6.53. The predicted molar refractivity (Wildman–Crippen MR) is 74.9 cm³/mol. The van der Waals surface area contributed by atoms with E-state index in [2.05, 4.69) is 37.9 Å². The molecule has 0 saturated carbocycles. The van der Waals surface area contributed by atoms with Crippen molar-refractivity contribution < 1.29 is 9.84 Å². The van der Waals surface area contributed by atoms with Gasteiger partial charge in [-0.2, -0.15) is 0 Å². The van der Waals surface area contributed by atoms with Crippen molar-refractivity contribution in [1.82, 2.24) is 4.90 Å². The van der Waals surface area contributed by atoms with Crippen LogP contribution in [0.15, 0.2) is 18.2 Å². The molecule has 1 rings (SSSR count). The predicted octanol–water partition coefficient (Wildman–Crippen LogP) is 2.45. The maximum Gasteiger partial charge on any atom is 0.123 e. The summed E-state index contributed by atoms with van der Waals surface area (Å²) < 4.78 is 5.38. The van der Waals surface area contributed by atoms with Crippen molar-refractivity contribution in [3.8, 4) is 5.75 Å². The molecule has 0 bridgehead atoms. The zero-order chi connectivity index (χ0) is 13.5. The smallest absolute Gasteiger partial charge is 0.123 e. The summed E-state index contributed by atoms with van der Waals surface area (Å²) in [6, 6.07) is 6.24. The number of aliphatic hydroxyl groups excluding tert-OH is 1. The van der Waals surface area contributed by atoms with E-state index in [1.54, 1.807) is 7.11 Å². The van der Waals surface area contributed by atoms with Crippen LogP contribution >= 0.6 is 0 Å². The van der Waals surface area contributed by atoms with Crippen LogP contribution in [-0.2, 0) is 6.54 Å². The molecule has 1 unspecified atom stereocenters. The normalized spacial score (nSPS) is 12.8. The van der Waals surface area contributed by atoms with Gasteiger partial charge in [0.2, 0.25) is 0 Å². The van der Waals surface area contributed by atoms with Gasteiger partial charge in [-0.15, -0.1) is 0 Å². The maximum absolute atomic E-state index is 9.23. The molecule has 0 aliphatic rings. The third-order valence-electron chi connectivity index (χ3n) is 3.28. The molecule has 1 N–H and O–H groups in total. The summed E-state index contributed by atoms with van der Waals surface area (Å²) in [4.78, 5) is 2.24. The van der Waals surface area contributed by atoms with Crippen LogP contribution < -0.4 is 4.74 Å². The molecule has 1 atom stereocenters. The number of methoxy groups -OCH3 is 1. The van der Waals surface area contributed by atoms with Crippen molar-refractivity contribution in [1.29, 1.82) is 0 Å². The highest BCUT2D eigenvalue weighted by Crippen LogP contribution is 2.21. The third kappa shape index (κ3) is 4.31. The quantitative estimate of drug-likeness (QED) is 0.808. The second-order valence-corrected chi connectivity index (χ2v) is 4.97. The first kappa shape index (κ1) is 15.0. The Bertz CT molecular complexity index is 362. The largest absolute Gasteiger partial charge is 0.496 e. The Kier molecular flexibility index (Phi) is 6.16. The third-order valence-corrected chi connectivity index (χ3v) is 3.28. The van der Waals surface area contributed by atoms with Crippen LogP contribution in [0.4, 0.5) is 0 Å². The van der Waals surface area contributed by atoms with Gasteiger partial charge >= 0.3 is 0 Å². The van der Waals surface area contributed by atoms with Crippen LogP contribution in [0, 0.1) is 12.8 Å². The summed E-state index contributed by atoms with van der Waals surface area (Å²) >= 11 is 0. The molecule has 3 nitrogen and oxygen atoms in total. The Balaban J connectivity index is 2.68. The number of hydrogen-bond acceptors (Lipinski definition) is 3. The maximum atomic E-state index is 9.23. The van der Waals surface area contributed by atoms with Gasteiger partial charge in [0.05, 0.1) is 7.11 Å². The molecule has 3 heteroatoms. The minimum Gasteiger partial charge on any atom is -0.496 e. The molecule has 0 aromatic heterocycles. The first-order chi connectivity index (χ1) is 8.60. The molecular weight excluding hydrogens is 226 g/mol. The van der Waals surface area contributed by atoms with Crippen molar-refractivity contribution in [2.24, 2.45) is 5.92 Å². The molecular formula is C15H25NO2. The number of nitrogens with zero attached hydrogens (tertiary/aromatic N) is 1. The van der Waals surface area contributed by atoms with Gasteiger partial charge in [0.25, 0.3) is 0 Å². The van der Waals surface area contributed by atoms with E-state index in [4.69, 9.17) is 4.74 Å². The van der Waals surface area contributed by atoms with E-state index in [-0.39, 0.29) is 6.61 Å². The molecule has 102 valence electrons. The van der Waals surface area contributed by atoms with Crippen LogP contribution in [0.2, 0.25) is 0 Å². The summed E-state index contributed by atoms with van der Waals surface area (Å²) in [5.74, 6) is 1.29. The lowest BCUT2D eigenvalue weighted by Gasteiger charge is -2.22. The van der Waals surface area contributed by atoms with Gasteiger partial charge < -0.3 is 14.7 Å². The van der Waals surface area contributed by atoms with E-state index in [9.17, 15) is 5.11 Å². The van der Waals surface area contributed by atoms with Gasteiger partial charge in [0, 0.05) is 25.3 Å². The van der Waals surface area contributed by atoms with Crippen LogP contribution in [-0.4, -0.2) is 37.3 Å². The molecule has 0 aliphatic carbocycles. The Morgan fingerprint density at radius 2 is 2.11 bits per heavy atom. The summed E-state index contributed by atoms with van der Waals surface area (Å²) in [6.45, 7) is 6.21. The van der Waals surface area contributed by atoms with Gasteiger partial charge in [-0.05, 0) is 32.4 Å².